The van der Waals surface area contributed by atoms with E-state index in [1.165, 1.54) is 334 Å². The second-order valence-electron chi connectivity index (χ2n) is 27.0. The van der Waals surface area contributed by atoms with Crippen LogP contribution in [0.25, 0.3) is 0 Å². The van der Waals surface area contributed by atoms with Gasteiger partial charge in [-0.1, -0.05) is 378 Å². The van der Waals surface area contributed by atoms with Crippen molar-refractivity contribution < 1.29 is 32.9 Å². The van der Waals surface area contributed by atoms with Gasteiger partial charge in [0.05, 0.1) is 39.9 Å². The number of quaternary nitrogens is 1. The molecule has 0 aliphatic rings. The van der Waals surface area contributed by atoms with Gasteiger partial charge in [-0.2, -0.15) is 0 Å². The number of aliphatic hydroxyl groups is 1. The van der Waals surface area contributed by atoms with Crippen LogP contribution >= 0.6 is 7.82 Å². The average Bonchev–Trinajstić information content (AvgIpc) is 3.50. The summed E-state index contributed by atoms with van der Waals surface area (Å²) in [4.78, 5) is 23.4. The third-order valence-electron chi connectivity index (χ3n) is 17.4. The van der Waals surface area contributed by atoms with E-state index in [9.17, 15) is 19.4 Å². The molecule has 0 aliphatic carbocycles. The molecule has 0 radical (unpaired) electrons. The quantitative estimate of drug-likeness (QED) is 0.0243. The van der Waals surface area contributed by atoms with Crippen molar-refractivity contribution >= 4 is 13.7 Å². The van der Waals surface area contributed by atoms with Gasteiger partial charge in [0.25, 0.3) is 0 Å². The molecule has 3 atom stereocenters. The van der Waals surface area contributed by atoms with Crippen LogP contribution in [0.4, 0.5) is 0 Å². The molecular formula is C74H148N2O6P+. The number of nitrogens with one attached hydrogen (secondary N) is 1. The number of nitrogens with zero attached hydrogens (tertiary/aromatic N) is 1. The van der Waals surface area contributed by atoms with Crippen molar-refractivity contribution in [2.24, 2.45) is 0 Å². The van der Waals surface area contributed by atoms with E-state index in [2.05, 4.69) is 31.3 Å². The van der Waals surface area contributed by atoms with E-state index in [1.807, 2.05) is 27.2 Å². The van der Waals surface area contributed by atoms with Crippen LogP contribution in [-0.4, -0.2) is 73.4 Å². The smallest absolute Gasteiger partial charge is 0.387 e. The van der Waals surface area contributed by atoms with Crippen LogP contribution in [0.3, 0.4) is 0 Å². The van der Waals surface area contributed by atoms with Crippen molar-refractivity contribution in [2.45, 2.75) is 405 Å². The fourth-order valence-electron chi connectivity index (χ4n) is 11.7. The number of unbranched alkanes of at least 4 members (excludes halogenated alkanes) is 55. The summed E-state index contributed by atoms with van der Waals surface area (Å²) in [5.41, 5.74) is 0. The van der Waals surface area contributed by atoms with Gasteiger partial charge in [-0.05, 0) is 32.1 Å². The number of phosphoric acid groups is 1. The molecule has 8 nitrogen and oxygen atoms in total. The Labute approximate surface area is 519 Å². The zero-order chi connectivity index (χ0) is 60.5. The Morgan fingerprint density at radius 1 is 0.398 bits per heavy atom. The molecule has 3 unspecified atom stereocenters. The molecule has 0 bridgehead atoms. The molecule has 494 valence electrons. The zero-order valence-electron chi connectivity index (χ0n) is 56.7. The van der Waals surface area contributed by atoms with Gasteiger partial charge in [0, 0.05) is 6.42 Å². The molecule has 0 aromatic rings. The van der Waals surface area contributed by atoms with Crippen LogP contribution in [0.1, 0.15) is 393 Å². The standard InChI is InChI=1S/C74H147N2O6P/c1-6-8-10-12-14-16-18-20-22-24-26-28-29-30-31-32-33-34-35-36-37-38-39-40-41-42-43-44-45-46-47-48-50-52-54-56-58-60-62-64-66-68-74(78)75-72(71-82-83(79,80)81-70-69-76(3,4)5)73(77)67-65-63-61-59-57-55-53-51-49-27-25-23-21-19-17-15-13-11-9-7-2/h57,59,65,67,72-73,77H,6-56,58,60-64,66,68-71H2,1-5H3,(H-,75,78,79,80)/p+1/b59-57+,67-65+. The second-order valence-corrected chi connectivity index (χ2v) is 28.5. The largest absolute Gasteiger partial charge is 0.472 e. The van der Waals surface area contributed by atoms with Crippen molar-refractivity contribution in [2.75, 3.05) is 40.9 Å². The Morgan fingerprint density at radius 2 is 0.663 bits per heavy atom. The minimum atomic E-state index is -4.36. The first-order valence-electron chi connectivity index (χ1n) is 37.2. The number of hydrogen-bond donors (Lipinski definition) is 3. The SMILES string of the molecule is CCCCCCCCCCCCCCCC/C=C/CC/C=C/C(O)C(COP(=O)(O)OCC[N+](C)(C)C)NC(=O)CCCCCCCCCCCCCCCCCCCCCCCCCCCCCCCCCCCCCCCCCCC. The Balaban J connectivity index is 3.88. The van der Waals surface area contributed by atoms with Crippen LogP contribution in [-0.2, 0) is 18.4 Å². The molecule has 0 heterocycles. The zero-order valence-corrected chi connectivity index (χ0v) is 57.6. The lowest BCUT2D eigenvalue weighted by Gasteiger charge is -2.25. The second kappa shape index (κ2) is 65.4. The highest BCUT2D eigenvalue weighted by atomic mass is 31.2. The monoisotopic (exact) mass is 1190 g/mol. The first-order chi connectivity index (χ1) is 40.5. The van der Waals surface area contributed by atoms with Gasteiger partial charge >= 0.3 is 7.82 Å². The van der Waals surface area contributed by atoms with Gasteiger partial charge in [-0.3, -0.25) is 13.8 Å². The Kier molecular flexibility index (Phi) is 64.6. The third kappa shape index (κ3) is 68.3. The van der Waals surface area contributed by atoms with E-state index < -0.39 is 20.0 Å². The van der Waals surface area contributed by atoms with Crippen LogP contribution < -0.4 is 5.32 Å². The molecule has 0 spiro atoms. The van der Waals surface area contributed by atoms with Crippen molar-refractivity contribution in [3.63, 3.8) is 0 Å². The summed E-state index contributed by atoms with van der Waals surface area (Å²) in [5, 5.41) is 14.0. The number of rotatable bonds is 70. The summed E-state index contributed by atoms with van der Waals surface area (Å²) < 4.78 is 23.8. The van der Waals surface area contributed by atoms with Gasteiger partial charge in [0.1, 0.15) is 13.2 Å². The summed E-state index contributed by atoms with van der Waals surface area (Å²) in [6, 6.07) is -0.861. The van der Waals surface area contributed by atoms with Gasteiger partial charge in [0.2, 0.25) is 5.91 Å². The average molecular weight is 1190 g/mol. The van der Waals surface area contributed by atoms with Crippen molar-refractivity contribution in [1.29, 1.82) is 0 Å². The molecule has 83 heavy (non-hydrogen) atoms. The highest BCUT2D eigenvalue weighted by Crippen LogP contribution is 2.43. The molecule has 9 heteroatoms. The molecule has 0 rings (SSSR count). The van der Waals surface area contributed by atoms with E-state index in [0.717, 1.165) is 38.5 Å². The highest BCUT2D eigenvalue weighted by Gasteiger charge is 2.28. The van der Waals surface area contributed by atoms with E-state index >= 15 is 0 Å². The van der Waals surface area contributed by atoms with E-state index in [1.54, 1.807) is 6.08 Å². The number of amides is 1. The molecule has 3 N–H and O–H groups in total. The van der Waals surface area contributed by atoms with Gasteiger partial charge in [-0.25, -0.2) is 4.57 Å². The van der Waals surface area contributed by atoms with Gasteiger partial charge in [0.15, 0.2) is 0 Å². The number of carbonyl (C=O) groups excluding carboxylic acids is 1. The van der Waals surface area contributed by atoms with Crippen LogP contribution in [0.2, 0.25) is 0 Å². The number of allylic oxidation sites excluding steroid dienone is 3. The van der Waals surface area contributed by atoms with Crippen molar-refractivity contribution in [3.05, 3.63) is 24.3 Å². The number of likely N-dealkylation sites (N-methyl/N-ethyl adjacent to an activating group) is 1. The summed E-state index contributed by atoms with van der Waals surface area (Å²) in [5.74, 6) is -0.178. The Bertz CT molecular complexity index is 1400. The normalized spacial score (nSPS) is 13.7. The summed E-state index contributed by atoms with van der Waals surface area (Å²) in [7, 11) is 1.57. The van der Waals surface area contributed by atoms with Gasteiger partial charge < -0.3 is 19.8 Å². The highest BCUT2D eigenvalue weighted by molar-refractivity contribution is 7.47. The summed E-state index contributed by atoms with van der Waals surface area (Å²) in [6.45, 7) is 4.86. The van der Waals surface area contributed by atoms with Gasteiger partial charge in [-0.15, -0.1) is 0 Å². The maximum absolute atomic E-state index is 13.0. The molecular weight excluding hydrogens is 1040 g/mol. The summed E-state index contributed by atoms with van der Waals surface area (Å²) in [6.07, 6.45) is 86.6. The first kappa shape index (κ1) is 82.0. The molecule has 0 fully saturated rings. The number of aliphatic hydroxyl groups excluding tert-OH is 1. The predicted molar refractivity (Wildman–Crippen MR) is 365 cm³/mol. The Hall–Kier alpha value is -1.02. The molecule has 1 amide bonds. The predicted octanol–water partition coefficient (Wildman–Crippen LogP) is 23.8. The molecule has 0 aliphatic heterocycles. The lowest BCUT2D eigenvalue weighted by Crippen LogP contribution is -2.45. The van der Waals surface area contributed by atoms with Crippen LogP contribution in [0.5, 0.6) is 0 Å². The lowest BCUT2D eigenvalue weighted by molar-refractivity contribution is -0.870. The van der Waals surface area contributed by atoms with Crippen LogP contribution in [0.15, 0.2) is 24.3 Å². The van der Waals surface area contributed by atoms with E-state index in [0.29, 0.717) is 17.4 Å². The number of phosphoric ester groups is 1. The molecule has 0 aromatic heterocycles. The van der Waals surface area contributed by atoms with E-state index in [4.69, 9.17) is 9.05 Å². The minimum Gasteiger partial charge on any atom is -0.387 e. The number of carbonyl (C=O) groups is 1. The molecule has 0 saturated carbocycles. The maximum atomic E-state index is 13.0. The lowest BCUT2D eigenvalue weighted by atomic mass is 10.0. The van der Waals surface area contributed by atoms with Crippen LogP contribution in [0, 0.1) is 0 Å². The fraction of sp³-hybridized carbons (Fsp3) is 0.932. The minimum absolute atomic E-state index is 0.0590. The molecule has 0 aromatic carbocycles. The van der Waals surface area contributed by atoms with Crippen molar-refractivity contribution in [1.82, 2.24) is 5.32 Å². The third-order valence-corrected chi connectivity index (χ3v) is 18.4. The molecule has 0 saturated heterocycles. The summed E-state index contributed by atoms with van der Waals surface area (Å²) >= 11 is 0. The maximum Gasteiger partial charge on any atom is 0.472 e. The first-order valence-corrected chi connectivity index (χ1v) is 38.7. The number of hydrogen-bond acceptors (Lipinski definition) is 5. The topological polar surface area (TPSA) is 105 Å². The van der Waals surface area contributed by atoms with E-state index in [-0.39, 0.29) is 19.1 Å². The Morgan fingerprint density at radius 3 is 0.964 bits per heavy atom. The van der Waals surface area contributed by atoms with Crippen molar-refractivity contribution in [3.8, 4) is 0 Å². The fourth-order valence-corrected chi connectivity index (χ4v) is 12.4.